The summed E-state index contributed by atoms with van der Waals surface area (Å²) in [4.78, 5) is 20.9. The average Bonchev–Trinajstić information content (AvgIpc) is 2.73. The van der Waals surface area contributed by atoms with Crippen molar-refractivity contribution >= 4 is 42.2 Å². The molecule has 6 heteroatoms. The summed E-state index contributed by atoms with van der Waals surface area (Å²) < 4.78 is 0. The second kappa shape index (κ2) is 9.64. The maximum absolute atomic E-state index is 12.0. The number of ketones is 1. The van der Waals surface area contributed by atoms with Gasteiger partial charge in [-0.1, -0.05) is 73.6 Å². The highest BCUT2D eigenvalue weighted by Gasteiger charge is 2.13. The Labute approximate surface area is 189 Å². The lowest BCUT2D eigenvalue weighted by Gasteiger charge is -2.16. The van der Waals surface area contributed by atoms with Crippen LogP contribution < -0.4 is 5.32 Å². The van der Waals surface area contributed by atoms with Crippen molar-refractivity contribution in [3.8, 4) is 0 Å². The first kappa shape index (κ1) is 23.0. The predicted molar refractivity (Wildman–Crippen MR) is 135 cm³/mol. The van der Waals surface area contributed by atoms with Crippen LogP contribution in [-0.4, -0.2) is 28.7 Å². The molecule has 0 amide bonds. The standard InChI is InChI=1S/C25H27ClN3OP/c1-6-31(4,5)16-19-12-11-17(2)23(13-19)28-25-27-15-22(26)24(29-25)14-20-9-7-8-10-21(20)18(3)30/h6-13,15H,1,4,14,16H2,2-3,5H3,(H,27,28,29). The average molecular weight is 452 g/mol. The molecule has 0 saturated carbocycles. The Hall–Kier alpha value is -2.68. The van der Waals surface area contributed by atoms with Crippen LogP contribution in [0.15, 0.2) is 61.1 Å². The van der Waals surface area contributed by atoms with Gasteiger partial charge in [-0.2, -0.15) is 0 Å². The fourth-order valence-corrected chi connectivity index (χ4v) is 4.61. The molecule has 3 aromatic rings. The van der Waals surface area contributed by atoms with E-state index in [0.29, 0.717) is 28.6 Å². The van der Waals surface area contributed by atoms with Gasteiger partial charge >= 0.3 is 0 Å². The molecule has 31 heavy (non-hydrogen) atoms. The number of rotatable bonds is 8. The van der Waals surface area contributed by atoms with Crippen molar-refractivity contribution in [2.75, 3.05) is 12.0 Å². The summed E-state index contributed by atoms with van der Waals surface area (Å²) in [7, 11) is 0. The van der Waals surface area contributed by atoms with Gasteiger partial charge in [0.15, 0.2) is 5.78 Å². The lowest BCUT2D eigenvalue weighted by Crippen LogP contribution is -2.05. The first-order valence-electron chi connectivity index (χ1n) is 9.98. The minimum atomic E-state index is -1.42. The van der Waals surface area contributed by atoms with Gasteiger partial charge in [-0.05, 0) is 49.4 Å². The van der Waals surface area contributed by atoms with Gasteiger partial charge < -0.3 is 5.32 Å². The van der Waals surface area contributed by atoms with E-state index in [-0.39, 0.29) is 5.78 Å². The SMILES string of the molecule is C=CP(=C)(C)Cc1ccc(C)c(Nc2ncc(Cl)c(Cc3ccccc3C(C)=O)n2)c1. The number of aromatic nitrogens is 2. The lowest BCUT2D eigenvalue weighted by molar-refractivity contribution is 0.101. The van der Waals surface area contributed by atoms with Crippen molar-refractivity contribution in [3.63, 3.8) is 0 Å². The third kappa shape index (κ3) is 5.94. The first-order valence-corrected chi connectivity index (χ1v) is 13.0. The molecule has 160 valence electrons. The normalized spacial score (nSPS) is 12.8. The molecule has 1 unspecified atom stereocenters. The number of aryl methyl sites for hydroxylation is 1. The van der Waals surface area contributed by atoms with Crippen LogP contribution >= 0.6 is 18.5 Å². The Morgan fingerprint density at radius 1 is 1.26 bits per heavy atom. The van der Waals surface area contributed by atoms with Crippen molar-refractivity contribution in [1.82, 2.24) is 9.97 Å². The van der Waals surface area contributed by atoms with Gasteiger partial charge in [0.2, 0.25) is 5.95 Å². The number of benzene rings is 2. The highest BCUT2D eigenvalue weighted by Crippen LogP contribution is 2.45. The lowest BCUT2D eigenvalue weighted by atomic mass is 10.0. The number of hydrogen-bond acceptors (Lipinski definition) is 4. The summed E-state index contributed by atoms with van der Waals surface area (Å²) in [6.45, 7) is 8.28. The number of hydrogen-bond donors (Lipinski definition) is 1. The molecular weight excluding hydrogens is 425 g/mol. The van der Waals surface area contributed by atoms with Gasteiger partial charge in [0.25, 0.3) is 0 Å². The van der Waals surface area contributed by atoms with Crippen LogP contribution in [-0.2, 0) is 12.6 Å². The number of nitrogens with one attached hydrogen (secondary N) is 1. The van der Waals surface area contributed by atoms with Gasteiger partial charge in [-0.3, -0.25) is 4.79 Å². The van der Waals surface area contributed by atoms with E-state index in [1.165, 1.54) is 5.56 Å². The summed E-state index contributed by atoms with van der Waals surface area (Å²) in [6, 6.07) is 13.8. The van der Waals surface area contributed by atoms with Crippen molar-refractivity contribution in [2.45, 2.75) is 26.4 Å². The molecule has 2 aromatic carbocycles. The highest BCUT2D eigenvalue weighted by molar-refractivity contribution is 7.75. The molecule has 4 nitrogen and oxygen atoms in total. The predicted octanol–water partition coefficient (Wildman–Crippen LogP) is 6.70. The van der Waals surface area contributed by atoms with Gasteiger partial charge in [0.1, 0.15) is 0 Å². The molecule has 0 spiro atoms. The third-order valence-corrected chi connectivity index (χ3v) is 7.39. The van der Waals surface area contributed by atoms with Crippen molar-refractivity contribution in [2.24, 2.45) is 0 Å². The van der Waals surface area contributed by atoms with Crippen LogP contribution in [0.4, 0.5) is 11.6 Å². The molecule has 1 heterocycles. The Kier molecular flexibility index (Phi) is 7.15. The van der Waals surface area contributed by atoms with E-state index in [1.807, 2.05) is 37.0 Å². The van der Waals surface area contributed by atoms with E-state index in [4.69, 9.17) is 11.6 Å². The maximum atomic E-state index is 12.0. The van der Waals surface area contributed by atoms with Crippen LogP contribution in [0.5, 0.6) is 0 Å². The number of halogens is 1. The molecule has 1 N–H and O–H groups in total. The van der Waals surface area contributed by atoms with Crippen LogP contribution in [0.2, 0.25) is 5.02 Å². The fraction of sp³-hybridized carbons (Fsp3) is 0.200. The summed E-state index contributed by atoms with van der Waals surface area (Å²) in [5.41, 5.74) is 5.47. The second-order valence-corrected chi connectivity index (χ2v) is 12.0. The first-order chi connectivity index (χ1) is 14.7. The van der Waals surface area contributed by atoms with Crippen molar-refractivity contribution in [1.29, 1.82) is 0 Å². The number of carbonyl (C=O) groups excluding carboxylic acids is 1. The quantitative estimate of drug-likeness (QED) is 0.306. The van der Waals surface area contributed by atoms with Gasteiger partial charge in [-0.15, -0.1) is 0 Å². The second-order valence-electron chi connectivity index (χ2n) is 7.97. The topological polar surface area (TPSA) is 54.9 Å². The monoisotopic (exact) mass is 451 g/mol. The highest BCUT2D eigenvalue weighted by atomic mass is 35.5. The van der Waals surface area contributed by atoms with Crippen LogP contribution in [0.25, 0.3) is 0 Å². The summed E-state index contributed by atoms with van der Waals surface area (Å²) in [6.07, 6.45) is 7.25. The van der Waals surface area contributed by atoms with Crippen LogP contribution in [0.3, 0.4) is 0 Å². The van der Waals surface area contributed by atoms with Gasteiger partial charge in [0, 0.05) is 17.7 Å². The molecular formula is C25H27ClN3OP. The number of anilines is 2. The molecule has 0 aliphatic rings. The van der Waals surface area contributed by atoms with E-state index < -0.39 is 6.89 Å². The van der Waals surface area contributed by atoms with E-state index in [0.717, 1.165) is 23.0 Å². The van der Waals surface area contributed by atoms with E-state index >= 15 is 0 Å². The summed E-state index contributed by atoms with van der Waals surface area (Å²) in [5.74, 6) is 2.47. The van der Waals surface area contributed by atoms with Crippen molar-refractivity contribution in [3.05, 3.63) is 94.0 Å². The Balaban J connectivity index is 1.88. The molecule has 0 saturated heterocycles. The minimum absolute atomic E-state index is 0.0198. The summed E-state index contributed by atoms with van der Waals surface area (Å²) >= 11 is 6.38. The fourth-order valence-electron chi connectivity index (χ4n) is 3.29. The van der Waals surface area contributed by atoms with Crippen LogP contribution in [0.1, 0.15) is 39.7 Å². The Morgan fingerprint density at radius 2 is 2.00 bits per heavy atom. The molecule has 1 atom stereocenters. The zero-order chi connectivity index (χ0) is 22.6. The molecule has 0 radical (unpaired) electrons. The maximum Gasteiger partial charge on any atom is 0.227 e. The van der Waals surface area contributed by atoms with E-state index in [2.05, 4.69) is 53.0 Å². The third-order valence-electron chi connectivity index (χ3n) is 5.10. The van der Waals surface area contributed by atoms with E-state index in [1.54, 1.807) is 13.1 Å². The molecule has 0 aliphatic heterocycles. The van der Waals surface area contributed by atoms with Crippen LogP contribution in [0, 0.1) is 6.92 Å². The van der Waals surface area contributed by atoms with Crippen molar-refractivity contribution < 1.29 is 4.79 Å². The smallest absolute Gasteiger partial charge is 0.227 e. The zero-order valence-corrected chi connectivity index (χ0v) is 19.8. The summed E-state index contributed by atoms with van der Waals surface area (Å²) in [5, 5.41) is 3.80. The Bertz CT molecular complexity index is 1190. The molecule has 1 aromatic heterocycles. The van der Waals surface area contributed by atoms with Gasteiger partial charge in [0.05, 0.1) is 16.9 Å². The largest absolute Gasteiger partial charge is 0.324 e. The van der Waals surface area contributed by atoms with Gasteiger partial charge in [-0.25, -0.2) is 9.97 Å². The number of carbonyl (C=O) groups is 1. The number of nitrogens with zero attached hydrogens (tertiary/aromatic N) is 2. The molecule has 3 rings (SSSR count). The molecule has 0 aliphatic carbocycles. The molecule has 0 bridgehead atoms. The Morgan fingerprint density at radius 3 is 2.71 bits per heavy atom. The minimum Gasteiger partial charge on any atom is -0.324 e. The number of Topliss-reactive ketones (excluding diaryl/α,β-unsaturated/α-hetero) is 1. The zero-order valence-electron chi connectivity index (χ0n) is 18.2. The molecule has 0 fully saturated rings. The van der Waals surface area contributed by atoms with E-state index in [9.17, 15) is 4.79 Å².